The van der Waals surface area contributed by atoms with Gasteiger partial charge in [-0.25, -0.2) is 4.79 Å². The van der Waals surface area contributed by atoms with Crippen LogP contribution in [0.4, 0.5) is 10.5 Å². The van der Waals surface area contributed by atoms with Crippen molar-refractivity contribution < 1.29 is 4.79 Å². The number of hydrogen-bond acceptors (Lipinski definition) is 3. The third-order valence-electron chi connectivity index (χ3n) is 5.08. The molecule has 1 unspecified atom stereocenters. The monoisotopic (exact) mass is 350 g/mol. The van der Waals surface area contributed by atoms with E-state index >= 15 is 0 Å². The summed E-state index contributed by atoms with van der Waals surface area (Å²) in [6.45, 7) is 4.87. The number of piperidine rings is 1. The summed E-state index contributed by atoms with van der Waals surface area (Å²) in [7, 11) is 2.13. The zero-order chi connectivity index (χ0) is 16.9. The Kier molecular flexibility index (Phi) is 5.85. The Morgan fingerprint density at radius 1 is 1.17 bits per heavy atom. The molecule has 0 aromatic heterocycles. The van der Waals surface area contributed by atoms with Crippen LogP contribution in [-0.4, -0.2) is 56.7 Å². The van der Waals surface area contributed by atoms with E-state index in [0.717, 1.165) is 57.0 Å². The molecule has 1 aromatic rings. The summed E-state index contributed by atoms with van der Waals surface area (Å²) < 4.78 is 0. The minimum Gasteiger partial charge on any atom is -0.371 e. The molecule has 0 saturated carbocycles. The number of anilines is 1. The number of carbonyl (C=O) groups is 1. The Morgan fingerprint density at radius 2 is 1.88 bits per heavy atom. The average molecular weight is 351 g/mol. The number of benzene rings is 1. The maximum absolute atomic E-state index is 12.1. The van der Waals surface area contributed by atoms with Gasteiger partial charge in [0, 0.05) is 36.4 Å². The van der Waals surface area contributed by atoms with Crippen LogP contribution < -0.4 is 15.5 Å². The molecule has 1 atom stereocenters. The lowest BCUT2D eigenvalue weighted by Crippen LogP contribution is -2.48. The van der Waals surface area contributed by atoms with Crippen LogP contribution in [0.3, 0.4) is 0 Å². The first-order chi connectivity index (χ1) is 11.6. The van der Waals surface area contributed by atoms with Gasteiger partial charge in [-0.05, 0) is 69.6 Å². The first kappa shape index (κ1) is 17.4. The van der Waals surface area contributed by atoms with Gasteiger partial charge in [0.2, 0.25) is 0 Å². The van der Waals surface area contributed by atoms with Crippen LogP contribution in [0, 0.1) is 5.92 Å². The third kappa shape index (κ3) is 4.77. The smallest absolute Gasteiger partial charge is 0.315 e. The van der Waals surface area contributed by atoms with Crippen molar-refractivity contribution in [3.63, 3.8) is 0 Å². The highest BCUT2D eigenvalue weighted by Crippen LogP contribution is 2.24. The molecular weight excluding hydrogens is 324 g/mol. The topological polar surface area (TPSA) is 47.6 Å². The number of carbonyl (C=O) groups excluding carboxylic acids is 1. The Bertz CT molecular complexity index is 542. The summed E-state index contributed by atoms with van der Waals surface area (Å²) in [5.41, 5.74) is 1.21. The van der Waals surface area contributed by atoms with E-state index in [1.54, 1.807) is 0 Å². The molecule has 24 heavy (non-hydrogen) atoms. The number of amides is 2. The SMILES string of the molecule is CN1CCC(NC(=O)NCC2CCN(c3ccc(Cl)cc3)C2)CC1. The Morgan fingerprint density at radius 3 is 2.58 bits per heavy atom. The van der Waals surface area contributed by atoms with E-state index in [2.05, 4.69) is 39.6 Å². The molecule has 5 nitrogen and oxygen atoms in total. The van der Waals surface area contributed by atoms with Gasteiger partial charge in [-0.15, -0.1) is 0 Å². The van der Waals surface area contributed by atoms with Gasteiger partial charge in [0.05, 0.1) is 0 Å². The summed E-state index contributed by atoms with van der Waals surface area (Å²) >= 11 is 5.94. The molecule has 2 heterocycles. The zero-order valence-corrected chi connectivity index (χ0v) is 15.1. The molecule has 2 fully saturated rings. The van der Waals surface area contributed by atoms with Crippen molar-refractivity contribution in [1.29, 1.82) is 0 Å². The van der Waals surface area contributed by atoms with Crippen molar-refractivity contribution in [2.45, 2.75) is 25.3 Å². The first-order valence-corrected chi connectivity index (χ1v) is 9.21. The third-order valence-corrected chi connectivity index (χ3v) is 5.33. The lowest BCUT2D eigenvalue weighted by molar-refractivity contribution is 0.213. The molecule has 0 aliphatic carbocycles. The van der Waals surface area contributed by atoms with E-state index in [4.69, 9.17) is 11.6 Å². The van der Waals surface area contributed by atoms with Crippen LogP contribution in [0.2, 0.25) is 5.02 Å². The summed E-state index contributed by atoms with van der Waals surface area (Å²) in [5, 5.41) is 6.93. The number of halogens is 1. The van der Waals surface area contributed by atoms with Gasteiger partial charge in [0.25, 0.3) is 0 Å². The second-order valence-electron chi connectivity index (χ2n) is 7.01. The summed E-state index contributed by atoms with van der Waals surface area (Å²) in [5.74, 6) is 0.504. The molecule has 132 valence electrons. The molecule has 2 aliphatic heterocycles. The Hall–Kier alpha value is -1.46. The van der Waals surface area contributed by atoms with E-state index in [1.165, 1.54) is 5.69 Å². The lowest BCUT2D eigenvalue weighted by Gasteiger charge is -2.29. The minimum absolute atomic E-state index is 0.0190. The summed E-state index contributed by atoms with van der Waals surface area (Å²) in [4.78, 5) is 16.7. The second kappa shape index (κ2) is 8.08. The van der Waals surface area contributed by atoms with Gasteiger partial charge >= 0.3 is 6.03 Å². The Balaban J connectivity index is 1.38. The van der Waals surface area contributed by atoms with Crippen molar-refractivity contribution in [2.75, 3.05) is 44.7 Å². The van der Waals surface area contributed by atoms with Crippen LogP contribution in [0.1, 0.15) is 19.3 Å². The molecule has 3 rings (SSSR count). The number of hydrogen-bond donors (Lipinski definition) is 2. The lowest BCUT2D eigenvalue weighted by atomic mass is 10.1. The molecule has 2 N–H and O–H groups in total. The Labute approximate surface area is 149 Å². The molecular formula is C18H27ClN4O. The summed E-state index contributed by atoms with van der Waals surface area (Å²) in [6, 6.07) is 8.27. The number of likely N-dealkylation sites (tertiary alicyclic amines) is 1. The minimum atomic E-state index is -0.0190. The maximum atomic E-state index is 12.1. The van der Waals surface area contributed by atoms with E-state index in [0.29, 0.717) is 12.0 Å². The van der Waals surface area contributed by atoms with Crippen molar-refractivity contribution in [3.05, 3.63) is 29.3 Å². The molecule has 1 aromatic carbocycles. The van der Waals surface area contributed by atoms with Crippen LogP contribution in [-0.2, 0) is 0 Å². The molecule has 2 saturated heterocycles. The summed E-state index contributed by atoms with van der Waals surface area (Å²) in [6.07, 6.45) is 3.19. The van der Waals surface area contributed by atoms with Crippen LogP contribution in [0.25, 0.3) is 0 Å². The molecule has 0 spiro atoms. The van der Waals surface area contributed by atoms with E-state index in [9.17, 15) is 4.79 Å². The second-order valence-corrected chi connectivity index (χ2v) is 7.45. The average Bonchev–Trinajstić information content (AvgIpc) is 3.05. The van der Waals surface area contributed by atoms with Gasteiger partial charge in [-0.2, -0.15) is 0 Å². The largest absolute Gasteiger partial charge is 0.371 e. The van der Waals surface area contributed by atoms with Crippen molar-refractivity contribution in [1.82, 2.24) is 15.5 Å². The molecule has 2 aliphatic rings. The van der Waals surface area contributed by atoms with Crippen LogP contribution in [0.5, 0.6) is 0 Å². The normalized spacial score (nSPS) is 22.6. The van der Waals surface area contributed by atoms with Gasteiger partial charge in [-0.3, -0.25) is 0 Å². The predicted octanol–water partition coefficient (Wildman–Crippen LogP) is 2.56. The maximum Gasteiger partial charge on any atom is 0.315 e. The standard InChI is InChI=1S/C18H27ClN4O/c1-22-9-7-16(8-10-22)21-18(24)20-12-14-6-11-23(13-14)17-4-2-15(19)3-5-17/h2-5,14,16H,6-13H2,1H3,(H2,20,21,24). The molecule has 0 bridgehead atoms. The van der Waals surface area contributed by atoms with Crippen molar-refractivity contribution in [2.24, 2.45) is 5.92 Å². The van der Waals surface area contributed by atoms with Crippen molar-refractivity contribution in [3.8, 4) is 0 Å². The van der Waals surface area contributed by atoms with Crippen molar-refractivity contribution >= 4 is 23.3 Å². The first-order valence-electron chi connectivity index (χ1n) is 8.83. The number of urea groups is 1. The molecule has 6 heteroatoms. The zero-order valence-electron chi connectivity index (χ0n) is 14.3. The molecule has 2 amide bonds. The number of nitrogens with zero attached hydrogens (tertiary/aromatic N) is 2. The fourth-order valence-corrected chi connectivity index (χ4v) is 3.64. The van der Waals surface area contributed by atoms with Crippen LogP contribution in [0.15, 0.2) is 24.3 Å². The highest BCUT2D eigenvalue weighted by atomic mass is 35.5. The number of nitrogens with one attached hydrogen (secondary N) is 2. The van der Waals surface area contributed by atoms with Gasteiger partial charge < -0.3 is 20.4 Å². The van der Waals surface area contributed by atoms with Gasteiger partial charge in [-0.1, -0.05) is 11.6 Å². The van der Waals surface area contributed by atoms with Crippen LogP contribution >= 0.6 is 11.6 Å². The van der Waals surface area contributed by atoms with Gasteiger partial charge in [0.1, 0.15) is 0 Å². The van der Waals surface area contributed by atoms with E-state index < -0.39 is 0 Å². The quantitative estimate of drug-likeness (QED) is 0.877. The number of rotatable bonds is 4. The fraction of sp³-hybridized carbons (Fsp3) is 0.611. The highest BCUT2D eigenvalue weighted by molar-refractivity contribution is 6.30. The fourth-order valence-electron chi connectivity index (χ4n) is 3.51. The van der Waals surface area contributed by atoms with E-state index in [-0.39, 0.29) is 6.03 Å². The predicted molar refractivity (Wildman–Crippen MR) is 98.8 cm³/mol. The molecule has 0 radical (unpaired) electrons. The highest BCUT2D eigenvalue weighted by Gasteiger charge is 2.24. The van der Waals surface area contributed by atoms with Gasteiger partial charge in [0.15, 0.2) is 0 Å². The van der Waals surface area contributed by atoms with E-state index in [1.807, 2.05) is 12.1 Å².